The smallest absolute Gasteiger partial charge is 0.306 e. The van der Waals surface area contributed by atoms with E-state index in [1.807, 2.05) is 12.3 Å². The Morgan fingerprint density at radius 1 is 1.58 bits per heavy atom. The number of aryl methyl sites for hydroxylation is 1. The molecule has 0 amide bonds. The van der Waals surface area contributed by atoms with E-state index >= 15 is 0 Å². The first-order valence-electron chi connectivity index (χ1n) is 5.14. The summed E-state index contributed by atoms with van der Waals surface area (Å²) >= 11 is 7.27. The van der Waals surface area contributed by atoms with Crippen LogP contribution in [-0.2, 0) is 6.61 Å². The summed E-state index contributed by atoms with van der Waals surface area (Å²) in [5.41, 5.74) is 0.0131. The molecule has 100 valence electrons. The van der Waals surface area contributed by atoms with Crippen LogP contribution < -0.4 is 4.74 Å². The Hall–Kier alpha value is -1.73. The molecule has 0 fully saturated rings. The number of nitrogens with zero attached hydrogens (tertiary/aromatic N) is 2. The molecule has 0 aliphatic rings. The number of hydrogen-bond donors (Lipinski definition) is 0. The first-order chi connectivity index (χ1) is 8.97. The van der Waals surface area contributed by atoms with Crippen molar-refractivity contribution in [2.24, 2.45) is 0 Å². The largest absolute Gasteiger partial charge is 0.486 e. The Morgan fingerprint density at radius 2 is 2.32 bits per heavy atom. The third kappa shape index (κ3) is 3.18. The summed E-state index contributed by atoms with van der Waals surface area (Å²) in [7, 11) is 0. The maximum Gasteiger partial charge on any atom is 0.306 e. The highest BCUT2D eigenvalue weighted by Gasteiger charge is 2.18. The number of hydrogen-bond acceptors (Lipinski definition) is 5. The standard InChI is InChI=1S/C11H8ClFN2O3S/c1-6-14-7(5-19-6)4-18-11-3-9(13)10(15(16)17)2-8(11)12/h2-3,5H,4H2,1H3. The van der Waals surface area contributed by atoms with Gasteiger partial charge >= 0.3 is 5.69 Å². The highest BCUT2D eigenvalue weighted by Crippen LogP contribution is 2.32. The van der Waals surface area contributed by atoms with Crippen LogP contribution in [0, 0.1) is 22.9 Å². The van der Waals surface area contributed by atoms with Crippen molar-refractivity contribution in [3.63, 3.8) is 0 Å². The van der Waals surface area contributed by atoms with Crippen LogP contribution in [0.15, 0.2) is 17.5 Å². The van der Waals surface area contributed by atoms with Crippen molar-refractivity contribution in [3.8, 4) is 5.75 Å². The fourth-order valence-electron chi connectivity index (χ4n) is 1.39. The van der Waals surface area contributed by atoms with Gasteiger partial charge in [0.05, 0.1) is 20.6 Å². The molecule has 1 heterocycles. The monoisotopic (exact) mass is 302 g/mol. The Bertz CT molecular complexity index is 632. The van der Waals surface area contributed by atoms with Gasteiger partial charge in [-0.1, -0.05) is 11.6 Å². The van der Waals surface area contributed by atoms with Gasteiger partial charge in [0.15, 0.2) is 0 Å². The lowest BCUT2D eigenvalue weighted by molar-refractivity contribution is -0.387. The van der Waals surface area contributed by atoms with Crippen LogP contribution in [0.25, 0.3) is 0 Å². The lowest BCUT2D eigenvalue weighted by atomic mass is 10.3. The lowest BCUT2D eigenvalue weighted by Gasteiger charge is -2.06. The van der Waals surface area contributed by atoms with E-state index in [0.29, 0.717) is 5.69 Å². The van der Waals surface area contributed by atoms with Gasteiger partial charge in [-0.05, 0) is 6.92 Å². The predicted molar refractivity (Wildman–Crippen MR) is 69.2 cm³/mol. The van der Waals surface area contributed by atoms with Gasteiger partial charge in [-0.3, -0.25) is 10.1 Å². The van der Waals surface area contributed by atoms with Gasteiger partial charge in [0.1, 0.15) is 12.4 Å². The molecule has 0 spiro atoms. The van der Waals surface area contributed by atoms with Gasteiger partial charge in [0.2, 0.25) is 5.82 Å². The van der Waals surface area contributed by atoms with E-state index in [0.717, 1.165) is 17.1 Å². The van der Waals surface area contributed by atoms with E-state index in [2.05, 4.69) is 4.98 Å². The van der Waals surface area contributed by atoms with E-state index in [1.165, 1.54) is 11.3 Å². The summed E-state index contributed by atoms with van der Waals surface area (Å²) in [5.74, 6) is -0.936. The quantitative estimate of drug-likeness (QED) is 0.637. The number of nitro groups is 1. The Morgan fingerprint density at radius 3 is 2.89 bits per heavy atom. The summed E-state index contributed by atoms with van der Waals surface area (Å²) in [6, 6.07) is 1.83. The lowest BCUT2D eigenvalue weighted by Crippen LogP contribution is -1.99. The maximum atomic E-state index is 13.4. The molecular formula is C11H8ClFN2O3S. The average Bonchev–Trinajstić information content (AvgIpc) is 2.75. The van der Waals surface area contributed by atoms with Crippen LogP contribution in [0.2, 0.25) is 5.02 Å². The van der Waals surface area contributed by atoms with Gasteiger partial charge in [-0.25, -0.2) is 4.98 Å². The fourth-order valence-corrected chi connectivity index (χ4v) is 2.20. The summed E-state index contributed by atoms with van der Waals surface area (Å²) in [5, 5.41) is 13.2. The van der Waals surface area contributed by atoms with Gasteiger partial charge in [0, 0.05) is 17.5 Å². The van der Waals surface area contributed by atoms with Crippen LogP contribution in [0.3, 0.4) is 0 Å². The SMILES string of the molecule is Cc1nc(COc2cc(F)c([N+](=O)[O-])cc2Cl)cs1. The topological polar surface area (TPSA) is 65.3 Å². The zero-order valence-electron chi connectivity index (χ0n) is 9.72. The molecule has 1 aromatic carbocycles. The molecule has 2 rings (SSSR count). The summed E-state index contributed by atoms with van der Waals surface area (Å²) < 4.78 is 18.7. The van der Waals surface area contributed by atoms with Gasteiger partial charge in [-0.2, -0.15) is 4.39 Å². The normalized spacial score (nSPS) is 10.5. The highest BCUT2D eigenvalue weighted by molar-refractivity contribution is 7.09. The van der Waals surface area contributed by atoms with Crippen LogP contribution in [-0.4, -0.2) is 9.91 Å². The summed E-state index contributed by atoms with van der Waals surface area (Å²) in [6.07, 6.45) is 0. The van der Waals surface area contributed by atoms with Crippen molar-refractivity contribution in [1.29, 1.82) is 0 Å². The van der Waals surface area contributed by atoms with E-state index < -0.39 is 16.4 Å². The van der Waals surface area contributed by atoms with Crippen molar-refractivity contribution in [2.45, 2.75) is 13.5 Å². The van der Waals surface area contributed by atoms with Crippen molar-refractivity contribution >= 4 is 28.6 Å². The van der Waals surface area contributed by atoms with Gasteiger partial charge in [-0.15, -0.1) is 11.3 Å². The van der Waals surface area contributed by atoms with Crippen LogP contribution >= 0.6 is 22.9 Å². The number of rotatable bonds is 4. The molecule has 0 radical (unpaired) electrons. The molecule has 0 saturated heterocycles. The number of halogens is 2. The molecule has 0 N–H and O–H groups in total. The van der Waals surface area contributed by atoms with Crippen molar-refractivity contribution < 1.29 is 14.1 Å². The Kier molecular flexibility index (Phi) is 3.96. The van der Waals surface area contributed by atoms with Gasteiger partial charge in [0.25, 0.3) is 0 Å². The number of ether oxygens (including phenoxy) is 1. The minimum absolute atomic E-state index is 0.0138. The molecule has 5 nitrogen and oxygen atoms in total. The Labute approximate surface area is 116 Å². The summed E-state index contributed by atoms with van der Waals surface area (Å²) in [4.78, 5) is 13.9. The molecule has 0 atom stereocenters. The van der Waals surface area contributed by atoms with Crippen LogP contribution in [0.5, 0.6) is 5.75 Å². The van der Waals surface area contributed by atoms with E-state index in [-0.39, 0.29) is 17.4 Å². The molecule has 0 aliphatic carbocycles. The van der Waals surface area contributed by atoms with Crippen LogP contribution in [0.4, 0.5) is 10.1 Å². The number of aromatic nitrogens is 1. The number of benzene rings is 1. The molecular weight excluding hydrogens is 295 g/mol. The minimum atomic E-state index is -0.987. The molecule has 2 aromatic rings. The fraction of sp³-hybridized carbons (Fsp3) is 0.182. The molecule has 1 aromatic heterocycles. The minimum Gasteiger partial charge on any atom is -0.486 e. The first kappa shape index (κ1) is 13.7. The van der Waals surface area contributed by atoms with Crippen molar-refractivity contribution in [1.82, 2.24) is 4.98 Å². The Balaban J connectivity index is 2.17. The first-order valence-corrected chi connectivity index (χ1v) is 6.40. The zero-order valence-corrected chi connectivity index (χ0v) is 11.3. The third-order valence-corrected chi connectivity index (χ3v) is 3.36. The molecule has 0 aliphatic heterocycles. The van der Waals surface area contributed by atoms with Gasteiger partial charge < -0.3 is 4.74 Å². The third-order valence-electron chi connectivity index (χ3n) is 2.24. The van der Waals surface area contributed by atoms with E-state index in [1.54, 1.807) is 0 Å². The van der Waals surface area contributed by atoms with Crippen molar-refractivity contribution in [2.75, 3.05) is 0 Å². The maximum absolute atomic E-state index is 13.4. The second-order valence-corrected chi connectivity index (χ2v) is 5.11. The molecule has 0 saturated carbocycles. The average molecular weight is 303 g/mol. The summed E-state index contributed by atoms with van der Waals surface area (Å²) in [6.45, 7) is 1.98. The van der Waals surface area contributed by atoms with Crippen LogP contribution in [0.1, 0.15) is 10.7 Å². The number of nitro benzene ring substituents is 1. The van der Waals surface area contributed by atoms with E-state index in [4.69, 9.17) is 16.3 Å². The molecule has 8 heteroatoms. The molecule has 0 unspecified atom stereocenters. The molecule has 19 heavy (non-hydrogen) atoms. The number of thiazole rings is 1. The zero-order chi connectivity index (χ0) is 14.0. The molecule has 0 bridgehead atoms. The predicted octanol–water partition coefficient (Wildman–Crippen LogP) is 3.73. The highest BCUT2D eigenvalue weighted by atomic mass is 35.5. The van der Waals surface area contributed by atoms with E-state index in [9.17, 15) is 14.5 Å². The second-order valence-electron chi connectivity index (χ2n) is 3.64. The van der Waals surface area contributed by atoms with Crippen molar-refractivity contribution in [3.05, 3.63) is 49.2 Å². The second kappa shape index (κ2) is 5.50.